The van der Waals surface area contributed by atoms with Crippen molar-refractivity contribution in [1.82, 2.24) is 10.6 Å². The monoisotopic (exact) mass is 880 g/mol. The third-order valence-corrected chi connectivity index (χ3v) is 16.1. The molecule has 10 aliphatic rings. The van der Waals surface area contributed by atoms with Gasteiger partial charge < -0.3 is 30.6 Å². The summed E-state index contributed by atoms with van der Waals surface area (Å²) < 4.78 is 106. The maximum Gasteiger partial charge on any atom is 0.416 e. The van der Waals surface area contributed by atoms with Gasteiger partial charge in [0.2, 0.25) is 11.8 Å². The molecule has 2 aliphatic heterocycles. The second-order valence-corrected chi connectivity index (χ2v) is 20.4. The summed E-state index contributed by atoms with van der Waals surface area (Å²) in [5, 5.41) is 27.3. The Morgan fingerprint density at radius 2 is 0.919 bits per heavy atom. The number of anilines is 2. The summed E-state index contributed by atoms with van der Waals surface area (Å²) in [6, 6.07) is 4.86. The first-order valence-electron chi connectivity index (χ1n) is 22.5. The van der Waals surface area contributed by atoms with Gasteiger partial charge in [0.25, 0.3) is 0 Å². The van der Waals surface area contributed by atoms with Crippen LogP contribution in [0.15, 0.2) is 36.4 Å². The highest BCUT2D eigenvalue weighted by Crippen LogP contribution is 2.61. The van der Waals surface area contributed by atoms with Crippen molar-refractivity contribution in [2.45, 2.75) is 127 Å². The van der Waals surface area contributed by atoms with Crippen LogP contribution in [0.3, 0.4) is 0 Å². The molecule has 16 heteroatoms. The Morgan fingerprint density at radius 1 is 0.565 bits per heavy atom. The van der Waals surface area contributed by atoms with Gasteiger partial charge in [0, 0.05) is 49.6 Å². The largest absolute Gasteiger partial charge is 0.416 e. The molecule has 8 bridgehead atoms. The maximum absolute atomic E-state index is 13.9. The van der Waals surface area contributed by atoms with E-state index in [1.165, 1.54) is 0 Å². The van der Waals surface area contributed by atoms with Crippen molar-refractivity contribution >= 4 is 23.2 Å². The Bertz CT molecular complexity index is 1860. The summed E-state index contributed by atoms with van der Waals surface area (Å²) in [6.07, 6.45) is 1.77. The Balaban J connectivity index is 0.000000158. The van der Waals surface area contributed by atoms with Crippen molar-refractivity contribution in [3.05, 3.63) is 59.2 Å². The smallest absolute Gasteiger partial charge is 0.393 e. The zero-order valence-electron chi connectivity index (χ0n) is 34.6. The van der Waals surface area contributed by atoms with Gasteiger partial charge in [0.1, 0.15) is 11.6 Å². The van der Waals surface area contributed by atoms with E-state index in [2.05, 4.69) is 10.6 Å². The van der Waals surface area contributed by atoms with E-state index in [1.807, 2.05) is 0 Å². The summed E-state index contributed by atoms with van der Waals surface area (Å²) in [5.74, 6) is 0.0416. The Morgan fingerprint density at radius 3 is 1.26 bits per heavy atom. The van der Waals surface area contributed by atoms with Gasteiger partial charge in [-0.1, -0.05) is 0 Å². The highest BCUT2D eigenvalue weighted by atomic mass is 19.4. The Hall–Kier alpha value is -3.66. The minimum atomic E-state index is -4.61. The average molecular weight is 881 g/mol. The number of aliphatic hydroxyl groups excluding tert-OH is 2. The highest BCUT2D eigenvalue weighted by molar-refractivity contribution is 5.84. The number of nitrogens with zero attached hydrogens (tertiary/aromatic N) is 2. The minimum Gasteiger partial charge on any atom is -0.393 e. The van der Waals surface area contributed by atoms with Crippen LogP contribution in [-0.2, 0) is 21.9 Å². The van der Waals surface area contributed by atoms with Gasteiger partial charge in [-0.2, -0.15) is 26.3 Å². The van der Waals surface area contributed by atoms with E-state index in [0.717, 1.165) is 101 Å². The van der Waals surface area contributed by atoms with E-state index in [0.29, 0.717) is 63.0 Å². The molecule has 2 saturated heterocycles. The van der Waals surface area contributed by atoms with Gasteiger partial charge in [-0.3, -0.25) is 9.59 Å². The summed E-state index contributed by atoms with van der Waals surface area (Å²) in [4.78, 5) is 30.1. The molecule has 0 aromatic heterocycles. The third kappa shape index (κ3) is 8.52. The number of hydrogen-bond acceptors (Lipinski definition) is 6. The molecule has 4 unspecified atom stereocenters. The van der Waals surface area contributed by atoms with E-state index in [1.54, 1.807) is 9.80 Å². The zero-order chi connectivity index (χ0) is 43.9. The van der Waals surface area contributed by atoms with Crippen LogP contribution in [0.2, 0.25) is 0 Å². The Labute approximate surface area is 356 Å². The lowest BCUT2D eigenvalue weighted by Gasteiger charge is -2.58. The van der Waals surface area contributed by atoms with Crippen LogP contribution in [0.4, 0.5) is 46.5 Å². The molecule has 340 valence electrons. The molecular weight excluding hydrogens is 825 g/mol. The van der Waals surface area contributed by atoms with Crippen LogP contribution in [-0.4, -0.2) is 72.5 Å². The molecule has 4 N–H and O–H groups in total. The van der Waals surface area contributed by atoms with Crippen molar-refractivity contribution in [3.63, 3.8) is 0 Å². The lowest BCUT2D eigenvalue weighted by Crippen LogP contribution is -2.60. The number of aliphatic hydroxyl groups is 2. The molecule has 2 amide bonds. The van der Waals surface area contributed by atoms with Crippen LogP contribution >= 0.6 is 0 Å². The number of carbonyl (C=O) groups excluding carboxylic acids is 2. The van der Waals surface area contributed by atoms with E-state index in [4.69, 9.17) is 0 Å². The van der Waals surface area contributed by atoms with Crippen LogP contribution in [0.25, 0.3) is 0 Å². The van der Waals surface area contributed by atoms with Crippen LogP contribution in [0, 0.1) is 58.0 Å². The van der Waals surface area contributed by atoms with Gasteiger partial charge >= 0.3 is 12.4 Å². The third-order valence-electron chi connectivity index (χ3n) is 16.1. The fraction of sp³-hybridized carbons (Fsp3) is 0.696. The number of piperidine rings is 2. The standard InChI is InChI=1S/2C23H28F4N2O2/c2*24-17-6-16(23(25,26)27)7-19(8-17)29-3-1-2-18(12-29)28-21(31)22-9-13-4-14(10-22)20(30)15(5-13)11-22/h2*6-8,13-15,18,20,30H,1-5,9-12H2,(H,28,31)/t2*13?,14?,15?,18-,20?,22?/m00/s1. The van der Waals surface area contributed by atoms with Gasteiger partial charge in [-0.15, -0.1) is 0 Å². The van der Waals surface area contributed by atoms with E-state index in [-0.39, 0.29) is 71.2 Å². The van der Waals surface area contributed by atoms with E-state index in [9.17, 15) is 54.9 Å². The van der Waals surface area contributed by atoms with Crippen LogP contribution in [0.5, 0.6) is 0 Å². The molecule has 8 nitrogen and oxygen atoms in total. The molecule has 2 heterocycles. The second-order valence-electron chi connectivity index (χ2n) is 20.4. The highest BCUT2D eigenvalue weighted by Gasteiger charge is 2.59. The van der Waals surface area contributed by atoms with Gasteiger partial charge in [-0.25, -0.2) is 8.78 Å². The average Bonchev–Trinajstić information content (AvgIpc) is 3.20. The lowest BCUT2D eigenvalue weighted by atomic mass is 9.48. The van der Waals surface area contributed by atoms with E-state index < -0.39 is 45.9 Å². The maximum atomic E-state index is 13.9. The van der Waals surface area contributed by atoms with Gasteiger partial charge in [-0.05, 0) is 162 Å². The number of rotatable bonds is 6. The lowest BCUT2D eigenvalue weighted by molar-refractivity contribution is -0.164. The first kappa shape index (κ1) is 43.6. The predicted molar refractivity (Wildman–Crippen MR) is 214 cm³/mol. The van der Waals surface area contributed by atoms with Gasteiger partial charge in [0.15, 0.2) is 0 Å². The van der Waals surface area contributed by atoms with Crippen molar-refractivity contribution in [1.29, 1.82) is 0 Å². The molecular formula is C46H56F8N4O4. The molecule has 10 fully saturated rings. The SMILES string of the molecule is O=C(N[C@H]1CCCN(c2cc(F)cc(C(F)(F)F)c2)C1)C12CC3CC(C1)C(O)C(C3)C2.O=C(N[C@H]1CCCN(c2cc(F)cc(C(F)(F)F)c2)C1)C12CC3CC(C1)C(O)C(C3)C2. The zero-order valence-corrected chi connectivity index (χ0v) is 34.6. The quantitative estimate of drug-likeness (QED) is 0.218. The summed E-state index contributed by atoms with van der Waals surface area (Å²) >= 11 is 0. The summed E-state index contributed by atoms with van der Waals surface area (Å²) in [7, 11) is 0. The van der Waals surface area contributed by atoms with Gasteiger partial charge in [0.05, 0.1) is 34.2 Å². The molecule has 6 atom stereocenters. The first-order chi connectivity index (χ1) is 29.3. The molecule has 2 aromatic rings. The van der Waals surface area contributed by atoms with Crippen LogP contribution in [0.1, 0.15) is 101 Å². The molecule has 8 saturated carbocycles. The molecule has 62 heavy (non-hydrogen) atoms. The summed E-state index contributed by atoms with van der Waals surface area (Å²) in [6.45, 7) is 1.77. The predicted octanol–water partition coefficient (Wildman–Crippen LogP) is 8.23. The normalized spacial score (nSPS) is 37.2. The number of alkyl halides is 6. The fourth-order valence-corrected chi connectivity index (χ4v) is 13.7. The van der Waals surface area contributed by atoms with Crippen LogP contribution < -0.4 is 20.4 Å². The fourth-order valence-electron chi connectivity index (χ4n) is 13.7. The number of nitrogens with one attached hydrogen (secondary N) is 2. The molecule has 2 aromatic carbocycles. The second kappa shape index (κ2) is 16.1. The van der Waals surface area contributed by atoms with Crippen molar-refractivity contribution < 1.29 is 54.9 Å². The number of carbonyl (C=O) groups is 2. The number of benzene rings is 2. The molecule has 0 spiro atoms. The molecule has 8 aliphatic carbocycles. The van der Waals surface area contributed by atoms with E-state index >= 15 is 0 Å². The summed E-state index contributed by atoms with van der Waals surface area (Å²) in [5.41, 5.74) is -2.43. The first-order valence-corrected chi connectivity index (χ1v) is 22.5. The van der Waals surface area contributed by atoms with Crippen molar-refractivity contribution in [2.24, 2.45) is 46.3 Å². The Kier molecular flexibility index (Phi) is 11.3. The molecule has 12 rings (SSSR count). The number of amides is 2. The van der Waals surface area contributed by atoms with Crippen molar-refractivity contribution in [3.8, 4) is 0 Å². The minimum absolute atomic E-state index is 0.0286. The van der Waals surface area contributed by atoms with Crippen molar-refractivity contribution in [2.75, 3.05) is 36.0 Å². The topological polar surface area (TPSA) is 105 Å². The number of hydrogen-bond donors (Lipinski definition) is 4. The number of halogens is 8. The molecule has 0 radical (unpaired) electrons.